The Morgan fingerprint density at radius 1 is 1.24 bits per heavy atom. The highest BCUT2D eigenvalue weighted by Gasteiger charge is 2.14. The fourth-order valence-corrected chi connectivity index (χ4v) is 1.63. The van der Waals surface area contributed by atoms with Crippen LogP contribution in [0.1, 0.15) is 30.6 Å². The number of nitrogen functional groups attached to an aromatic ring is 1. The van der Waals surface area contributed by atoms with E-state index in [-0.39, 0.29) is 30.5 Å². The van der Waals surface area contributed by atoms with Crippen molar-refractivity contribution in [2.75, 3.05) is 12.0 Å². The molecule has 5 N–H and O–H groups in total. The van der Waals surface area contributed by atoms with Gasteiger partial charge in [0.15, 0.2) is 11.6 Å². The molecule has 116 valence electrons. The van der Waals surface area contributed by atoms with E-state index in [1.807, 2.05) is 19.3 Å². The molecular weight excluding hydrogens is 282 g/mol. The molecular formula is C13H18F2N4O2. The highest BCUT2D eigenvalue weighted by molar-refractivity contribution is 5.94. The Hall–Kier alpha value is -2.22. The van der Waals surface area contributed by atoms with Gasteiger partial charge >= 0.3 is 0 Å². The van der Waals surface area contributed by atoms with Gasteiger partial charge in [-0.3, -0.25) is 15.4 Å². The summed E-state index contributed by atoms with van der Waals surface area (Å²) >= 11 is 0. The van der Waals surface area contributed by atoms with Crippen molar-refractivity contribution in [3.63, 3.8) is 0 Å². The second-order valence-corrected chi connectivity index (χ2v) is 4.69. The van der Waals surface area contributed by atoms with Crippen molar-refractivity contribution in [2.45, 2.75) is 26.3 Å². The molecule has 0 unspecified atom stereocenters. The highest BCUT2D eigenvalue weighted by atomic mass is 19.1. The number of hydrogen-bond donors (Lipinski definition) is 4. The normalized spacial score (nSPS) is 10.4. The third-order valence-electron chi connectivity index (χ3n) is 2.54. The lowest BCUT2D eigenvalue weighted by Gasteiger charge is -2.10. The molecule has 0 aliphatic heterocycles. The average molecular weight is 300 g/mol. The minimum Gasteiger partial charge on any atom is -0.354 e. The monoisotopic (exact) mass is 300 g/mol. The van der Waals surface area contributed by atoms with E-state index in [0.717, 1.165) is 12.1 Å². The van der Waals surface area contributed by atoms with Gasteiger partial charge < -0.3 is 16.1 Å². The number of amides is 2. The molecule has 21 heavy (non-hydrogen) atoms. The van der Waals surface area contributed by atoms with Gasteiger partial charge in [-0.1, -0.05) is 0 Å². The maximum atomic E-state index is 13.4. The molecule has 0 spiro atoms. The van der Waals surface area contributed by atoms with E-state index >= 15 is 0 Å². The summed E-state index contributed by atoms with van der Waals surface area (Å²) < 4.78 is 26.9. The number of anilines is 1. The zero-order valence-corrected chi connectivity index (χ0v) is 11.8. The fraction of sp³-hybridized carbons (Fsp3) is 0.385. The quantitative estimate of drug-likeness (QED) is 0.463. The standard InChI is InChI=1S/C13H18F2N4O2/c1-7(2)18-11(20)3-4-17-13(21)8-5-9(14)12(19-16)10(15)6-8/h5-7,19H,3-4,16H2,1-2H3,(H,17,21)(H,18,20). The van der Waals surface area contributed by atoms with E-state index in [1.54, 1.807) is 0 Å². The van der Waals surface area contributed by atoms with Crippen LogP contribution >= 0.6 is 0 Å². The molecule has 0 fully saturated rings. The second-order valence-electron chi connectivity index (χ2n) is 4.69. The Kier molecular flexibility index (Phi) is 6.04. The van der Waals surface area contributed by atoms with Crippen LogP contribution in [0.4, 0.5) is 14.5 Å². The van der Waals surface area contributed by atoms with Crippen molar-refractivity contribution in [1.82, 2.24) is 10.6 Å². The van der Waals surface area contributed by atoms with Crippen molar-refractivity contribution >= 4 is 17.5 Å². The number of hydrogen-bond acceptors (Lipinski definition) is 4. The van der Waals surface area contributed by atoms with Crippen LogP contribution in [0.25, 0.3) is 0 Å². The van der Waals surface area contributed by atoms with Gasteiger partial charge in [0.25, 0.3) is 5.91 Å². The largest absolute Gasteiger partial charge is 0.354 e. The number of hydrazine groups is 1. The number of carbonyl (C=O) groups is 2. The third kappa shape index (κ3) is 4.99. The Morgan fingerprint density at radius 2 is 1.81 bits per heavy atom. The molecule has 2 amide bonds. The molecule has 1 aromatic rings. The zero-order chi connectivity index (χ0) is 16.0. The molecule has 8 heteroatoms. The van der Waals surface area contributed by atoms with Crippen LogP contribution in [-0.2, 0) is 4.79 Å². The van der Waals surface area contributed by atoms with Gasteiger partial charge in [0.05, 0.1) is 0 Å². The van der Waals surface area contributed by atoms with Gasteiger partial charge in [-0.2, -0.15) is 0 Å². The first-order valence-corrected chi connectivity index (χ1v) is 6.38. The van der Waals surface area contributed by atoms with Crippen molar-refractivity contribution < 1.29 is 18.4 Å². The number of halogens is 2. The number of nitrogens with one attached hydrogen (secondary N) is 3. The Balaban J connectivity index is 2.59. The Labute approximate surface area is 121 Å². The summed E-state index contributed by atoms with van der Waals surface area (Å²) in [6, 6.07) is 1.73. The number of benzene rings is 1. The van der Waals surface area contributed by atoms with Crippen LogP contribution in [0, 0.1) is 11.6 Å². The van der Waals surface area contributed by atoms with Gasteiger partial charge in [-0.25, -0.2) is 8.78 Å². The smallest absolute Gasteiger partial charge is 0.251 e. The summed E-state index contributed by atoms with van der Waals surface area (Å²) in [5, 5.41) is 5.07. The van der Waals surface area contributed by atoms with E-state index in [4.69, 9.17) is 5.84 Å². The summed E-state index contributed by atoms with van der Waals surface area (Å²) in [5.41, 5.74) is 1.17. The summed E-state index contributed by atoms with van der Waals surface area (Å²) in [5.74, 6) is 2.12. The van der Waals surface area contributed by atoms with E-state index in [0.29, 0.717) is 0 Å². The maximum absolute atomic E-state index is 13.4. The molecule has 0 bridgehead atoms. The third-order valence-corrected chi connectivity index (χ3v) is 2.54. The average Bonchev–Trinajstić information content (AvgIpc) is 2.37. The van der Waals surface area contributed by atoms with Gasteiger partial charge in [-0.05, 0) is 26.0 Å². The van der Waals surface area contributed by atoms with Gasteiger partial charge in [0, 0.05) is 24.6 Å². The minimum atomic E-state index is -0.972. The minimum absolute atomic E-state index is 0.00713. The van der Waals surface area contributed by atoms with Crippen LogP contribution < -0.4 is 21.9 Å². The molecule has 0 aliphatic carbocycles. The Bertz CT molecular complexity index is 512. The molecule has 6 nitrogen and oxygen atoms in total. The lowest BCUT2D eigenvalue weighted by Crippen LogP contribution is -2.34. The van der Waals surface area contributed by atoms with Gasteiger partial charge in [-0.15, -0.1) is 0 Å². The molecule has 0 saturated carbocycles. The highest BCUT2D eigenvalue weighted by Crippen LogP contribution is 2.19. The molecule has 0 aliphatic rings. The van der Waals surface area contributed by atoms with Crippen LogP contribution in [-0.4, -0.2) is 24.4 Å². The molecule has 0 heterocycles. The van der Waals surface area contributed by atoms with Crippen LogP contribution in [0.3, 0.4) is 0 Å². The second kappa shape index (κ2) is 7.53. The topological polar surface area (TPSA) is 96.2 Å². The molecule has 1 aromatic carbocycles. The van der Waals surface area contributed by atoms with E-state index in [9.17, 15) is 18.4 Å². The fourth-order valence-electron chi connectivity index (χ4n) is 1.63. The molecule has 0 radical (unpaired) electrons. The molecule has 1 rings (SSSR count). The lowest BCUT2D eigenvalue weighted by molar-refractivity contribution is -0.121. The summed E-state index contributed by atoms with van der Waals surface area (Å²) in [6.07, 6.45) is 0.0807. The van der Waals surface area contributed by atoms with E-state index in [1.165, 1.54) is 0 Å². The molecule has 0 aromatic heterocycles. The SMILES string of the molecule is CC(C)NC(=O)CCNC(=O)c1cc(F)c(NN)c(F)c1. The first-order chi connectivity index (χ1) is 9.85. The lowest BCUT2D eigenvalue weighted by atomic mass is 10.1. The maximum Gasteiger partial charge on any atom is 0.251 e. The predicted molar refractivity (Wildman–Crippen MR) is 74.4 cm³/mol. The number of carbonyl (C=O) groups excluding carboxylic acids is 2. The molecule has 0 saturated heterocycles. The number of rotatable bonds is 6. The van der Waals surface area contributed by atoms with Crippen molar-refractivity contribution in [1.29, 1.82) is 0 Å². The van der Waals surface area contributed by atoms with E-state index < -0.39 is 23.2 Å². The zero-order valence-electron chi connectivity index (χ0n) is 11.8. The predicted octanol–water partition coefficient (Wildman–Crippen LogP) is 0.895. The van der Waals surface area contributed by atoms with Crippen LogP contribution in [0.15, 0.2) is 12.1 Å². The first-order valence-electron chi connectivity index (χ1n) is 6.38. The van der Waals surface area contributed by atoms with Gasteiger partial charge in [0.1, 0.15) is 5.69 Å². The first kappa shape index (κ1) is 16.8. The van der Waals surface area contributed by atoms with Crippen molar-refractivity contribution in [3.8, 4) is 0 Å². The number of nitrogens with two attached hydrogens (primary N) is 1. The van der Waals surface area contributed by atoms with E-state index in [2.05, 4.69) is 10.6 Å². The van der Waals surface area contributed by atoms with Crippen LogP contribution in [0.2, 0.25) is 0 Å². The van der Waals surface area contributed by atoms with Crippen LogP contribution in [0.5, 0.6) is 0 Å². The summed E-state index contributed by atoms with van der Waals surface area (Å²) in [4.78, 5) is 23.1. The van der Waals surface area contributed by atoms with Gasteiger partial charge in [0.2, 0.25) is 5.91 Å². The molecule has 0 atom stereocenters. The summed E-state index contributed by atoms with van der Waals surface area (Å²) in [7, 11) is 0. The Morgan fingerprint density at radius 3 is 2.29 bits per heavy atom. The summed E-state index contributed by atoms with van der Waals surface area (Å²) in [6.45, 7) is 3.70. The van der Waals surface area contributed by atoms with Crippen molar-refractivity contribution in [2.24, 2.45) is 5.84 Å². The van der Waals surface area contributed by atoms with Crippen molar-refractivity contribution in [3.05, 3.63) is 29.3 Å².